The first-order chi connectivity index (χ1) is 6.71. The van der Waals surface area contributed by atoms with E-state index in [-0.39, 0.29) is 12.2 Å². The molecule has 0 aromatic carbocycles. The topological polar surface area (TPSA) is 21.7 Å². The van der Waals surface area contributed by atoms with Gasteiger partial charge in [0.25, 0.3) is 0 Å². The fraction of sp³-hybridized carbons (Fsp3) is 1.00. The van der Waals surface area contributed by atoms with E-state index in [0.717, 1.165) is 25.4 Å². The fourth-order valence-corrected chi connectivity index (χ4v) is 2.03. The molecule has 0 aromatic rings. The summed E-state index contributed by atoms with van der Waals surface area (Å²) < 4.78 is 10.7. The first-order valence-electron chi connectivity index (χ1n) is 5.10. The van der Waals surface area contributed by atoms with Crippen molar-refractivity contribution in [2.24, 2.45) is 5.92 Å². The molecule has 3 atom stereocenters. The number of likely N-dealkylation sites (tertiary alicyclic amines) is 1. The van der Waals surface area contributed by atoms with Gasteiger partial charge in [-0.1, -0.05) is 6.92 Å². The summed E-state index contributed by atoms with van der Waals surface area (Å²) in [6.45, 7) is 5.26. The molecular weight excluding hydrogens is 198 g/mol. The van der Waals surface area contributed by atoms with Gasteiger partial charge in [-0.2, -0.15) is 12.6 Å². The Balaban J connectivity index is 2.37. The van der Waals surface area contributed by atoms with Crippen molar-refractivity contribution in [2.75, 3.05) is 39.6 Å². The molecule has 1 aliphatic heterocycles. The normalized spacial score (nSPS) is 30.9. The third kappa shape index (κ3) is 3.12. The van der Waals surface area contributed by atoms with Crippen molar-refractivity contribution in [2.45, 2.75) is 19.1 Å². The summed E-state index contributed by atoms with van der Waals surface area (Å²) in [7, 11) is 3.50. The van der Waals surface area contributed by atoms with Gasteiger partial charge in [-0.25, -0.2) is 0 Å². The Bertz CT molecular complexity index is 156. The van der Waals surface area contributed by atoms with E-state index in [1.807, 2.05) is 0 Å². The van der Waals surface area contributed by atoms with Crippen LogP contribution in [-0.2, 0) is 9.47 Å². The van der Waals surface area contributed by atoms with Crippen LogP contribution in [0.15, 0.2) is 0 Å². The van der Waals surface area contributed by atoms with Crippen LogP contribution in [0.2, 0.25) is 0 Å². The van der Waals surface area contributed by atoms with Gasteiger partial charge < -0.3 is 9.47 Å². The molecule has 3 nitrogen and oxygen atoms in total. The van der Waals surface area contributed by atoms with Gasteiger partial charge in [0.05, 0.1) is 12.2 Å². The number of methoxy groups -OCH3 is 2. The highest BCUT2D eigenvalue weighted by atomic mass is 32.1. The van der Waals surface area contributed by atoms with E-state index in [4.69, 9.17) is 9.47 Å². The summed E-state index contributed by atoms with van der Waals surface area (Å²) in [5.41, 5.74) is 0. The molecule has 0 aliphatic carbocycles. The molecule has 0 radical (unpaired) electrons. The van der Waals surface area contributed by atoms with Crippen molar-refractivity contribution in [3.63, 3.8) is 0 Å². The Labute approximate surface area is 92.2 Å². The fourth-order valence-electron chi connectivity index (χ4n) is 1.92. The van der Waals surface area contributed by atoms with Crippen LogP contribution < -0.4 is 0 Å². The van der Waals surface area contributed by atoms with E-state index in [1.165, 1.54) is 0 Å². The molecule has 0 amide bonds. The first kappa shape index (κ1) is 12.3. The molecule has 14 heavy (non-hydrogen) atoms. The number of thiol groups is 1. The van der Waals surface area contributed by atoms with Gasteiger partial charge in [-0.05, 0) is 11.7 Å². The molecule has 0 N–H and O–H groups in total. The van der Waals surface area contributed by atoms with Crippen molar-refractivity contribution >= 4 is 12.6 Å². The molecule has 4 heteroatoms. The Hall–Kier alpha value is 0.230. The van der Waals surface area contributed by atoms with Gasteiger partial charge in [0.2, 0.25) is 0 Å². The summed E-state index contributed by atoms with van der Waals surface area (Å²) in [6, 6.07) is 0. The molecule has 0 aromatic heterocycles. The van der Waals surface area contributed by atoms with E-state index in [1.54, 1.807) is 14.2 Å². The van der Waals surface area contributed by atoms with Gasteiger partial charge in [0, 0.05) is 33.9 Å². The second-order valence-electron chi connectivity index (χ2n) is 4.05. The zero-order valence-corrected chi connectivity index (χ0v) is 10.2. The quantitative estimate of drug-likeness (QED) is 0.694. The lowest BCUT2D eigenvalue weighted by Gasteiger charge is -2.18. The SMILES string of the molecule is COC1CN(CC(C)CS)CC1OC. The average Bonchev–Trinajstić information content (AvgIpc) is 2.59. The van der Waals surface area contributed by atoms with Gasteiger partial charge in [-0.15, -0.1) is 0 Å². The van der Waals surface area contributed by atoms with E-state index in [0.29, 0.717) is 5.92 Å². The zero-order chi connectivity index (χ0) is 10.6. The molecule has 1 rings (SSSR count). The summed E-state index contributed by atoms with van der Waals surface area (Å²) in [5, 5.41) is 0. The van der Waals surface area contributed by atoms with Crippen LogP contribution in [0.1, 0.15) is 6.92 Å². The number of nitrogens with zero attached hydrogens (tertiary/aromatic N) is 1. The zero-order valence-electron chi connectivity index (χ0n) is 9.27. The second kappa shape index (κ2) is 5.95. The average molecular weight is 219 g/mol. The smallest absolute Gasteiger partial charge is 0.0971 e. The van der Waals surface area contributed by atoms with Crippen LogP contribution in [0.4, 0.5) is 0 Å². The van der Waals surface area contributed by atoms with Gasteiger partial charge in [0.15, 0.2) is 0 Å². The van der Waals surface area contributed by atoms with Crippen molar-refractivity contribution in [3.05, 3.63) is 0 Å². The highest BCUT2D eigenvalue weighted by molar-refractivity contribution is 7.80. The van der Waals surface area contributed by atoms with Crippen LogP contribution in [0.3, 0.4) is 0 Å². The highest BCUT2D eigenvalue weighted by Crippen LogP contribution is 2.17. The summed E-state index contributed by atoms with van der Waals surface area (Å²) in [6.07, 6.45) is 0.458. The maximum absolute atomic E-state index is 5.37. The number of rotatable bonds is 5. The third-order valence-corrected chi connectivity index (χ3v) is 3.40. The van der Waals surface area contributed by atoms with E-state index in [2.05, 4.69) is 24.5 Å². The molecule has 84 valence electrons. The van der Waals surface area contributed by atoms with Crippen LogP contribution in [0, 0.1) is 5.92 Å². The molecule has 1 fully saturated rings. The molecular formula is C10H21NO2S. The molecule has 0 saturated carbocycles. The minimum absolute atomic E-state index is 0.229. The first-order valence-corrected chi connectivity index (χ1v) is 5.73. The Kier molecular flexibility index (Phi) is 5.23. The van der Waals surface area contributed by atoms with E-state index < -0.39 is 0 Å². The number of hydrogen-bond acceptors (Lipinski definition) is 4. The Morgan fingerprint density at radius 1 is 1.29 bits per heavy atom. The number of ether oxygens (including phenoxy) is 2. The van der Waals surface area contributed by atoms with Crippen LogP contribution >= 0.6 is 12.6 Å². The summed E-state index contributed by atoms with van der Waals surface area (Å²) in [5.74, 6) is 1.57. The predicted molar refractivity (Wildman–Crippen MR) is 61.1 cm³/mol. The minimum Gasteiger partial charge on any atom is -0.377 e. The maximum Gasteiger partial charge on any atom is 0.0971 e. The van der Waals surface area contributed by atoms with Crippen molar-refractivity contribution < 1.29 is 9.47 Å². The third-order valence-electron chi connectivity index (χ3n) is 2.78. The molecule has 3 unspecified atom stereocenters. The molecule has 0 spiro atoms. The lowest BCUT2D eigenvalue weighted by molar-refractivity contribution is -0.00461. The highest BCUT2D eigenvalue weighted by Gasteiger charge is 2.32. The van der Waals surface area contributed by atoms with Crippen LogP contribution in [-0.4, -0.2) is 56.7 Å². The second-order valence-corrected chi connectivity index (χ2v) is 4.42. The molecule has 1 saturated heterocycles. The monoisotopic (exact) mass is 219 g/mol. The van der Waals surface area contributed by atoms with E-state index in [9.17, 15) is 0 Å². The standard InChI is InChI=1S/C10H21NO2S/c1-8(7-14)4-11-5-9(12-2)10(6-11)13-3/h8-10,14H,4-7H2,1-3H3. The number of hydrogen-bond donors (Lipinski definition) is 1. The van der Waals surface area contributed by atoms with Crippen LogP contribution in [0.5, 0.6) is 0 Å². The summed E-state index contributed by atoms with van der Waals surface area (Å²) >= 11 is 4.29. The lowest BCUT2D eigenvalue weighted by atomic mass is 10.2. The molecule has 0 bridgehead atoms. The lowest BCUT2D eigenvalue weighted by Crippen LogP contribution is -2.28. The Morgan fingerprint density at radius 3 is 2.14 bits per heavy atom. The largest absolute Gasteiger partial charge is 0.377 e. The predicted octanol–water partition coefficient (Wildman–Crippen LogP) is 0.898. The van der Waals surface area contributed by atoms with Crippen LogP contribution in [0.25, 0.3) is 0 Å². The van der Waals surface area contributed by atoms with Gasteiger partial charge >= 0.3 is 0 Å². The maximum atomic E-state index is 5.37. The van der Waals surface area contributed by atoms with Gasteiger partial charge in [-0.3, -0.25) is 4.90 Å². The Morgan fingerprint density at radius 2 is 1.79 bits per heavy atom. The molecule has 1 heterocycles. The minimum atomic E-state index is 0.229. The van der Waals surface area contributed by atoms with Crippen molar-refractivity contribution in [1.82, 2.24) is 4.90 Å². The summed E-state index contributed by atoms with van der Waals surface area (Å²) in [4.78, 5) is 2.39. The van der Waals surface area contributed by atoms with Crippen molar-refractivity contribution in [3.8, 4) is 0 Å². The van der Waals surface area contributed by atoms with Crippen molar-refractivity contribution in [1.29, 1.82) is 0 Å². The van der Waals surface area contributed by atoms with Gasteiger partial charge in [0.1, 0.15) is 0 Å². The molecule has 1 aliphatic rings. The van der Waals surface area contributed by atoms with E-state index >= 15 is 0 Å².